The van der Waals surface area contributed by atoms with Gasteiger partial charge in [-0.2, -0.15) is 0 Å². The molecule has 1 saturated heterocycles. The Hall–Kier alpha value is -1.69. The Balaban J connectivity index is 1.60. The first-order valence-corrected chi connectivity index (χ1v) is 8.71. The predicted octanol–water partition coefficient (Wildman–Crippen LogP) is 1.47. The number of hydrogen-bond donors (Lipinski definition) is 1. The van der Waals surface area contributed by atoms with Gasteiger partial charge < -0.3 is 15.0 Å². The molecule has 1 heterocycles. The summed E-state index contributed by atoms with van der Waals surface area (Å²) >= 11 is 0. The first-order chi connectivity index (χ1) is 11.8. The van der Waals surface area contributed by atoms with E-state index in [0.29, 0.717) is 13.0 Å². The lowest BCUT2D eigenvalue weighted by atomic mass is 10.2. The van der Waals surface area contributed by atoms with Crippen molar-refractivity contribution >= 4 is 12.0 Å². The van der Waals surface area contributed by atoms with Crippen LogP contribution in [0, 0.1) is 0 Å². The van der Waals surface area contributed by atoms with Gasteiger partial charge in [-0.15, -0.1) is 0 Å². The fourth-order valence-corrected chi connectivity index (χ4v) is 2.73. The molecule has 5 heteroatoms. The van der Waals surface area contributed by atoms with E-state index in [9.17, 15) is 4.79 Å². The molecule has 1 aliphatic heterocycles. The van der Waals surface area contributed by atoms with E-state index in [1.54, 1.807) is 7.11 Å². The molecule has 0 atom stereocenters. The van der Waals surface area contributed by atoms with E-state index in [-0.39, 0.29) is 5.91 Å². The maximum Gasteiger partial charge on any atom is 0.223 e. The standard InChI is InChI=1S/C19H29N3O2/c1-24-17-11-20-10-9-19(23)22-15-13-21(14-16-22)12-5-8-18-6-3-2-4-7-18/h2-8,20H,9-17H2,1H3/b8-5+. The van der Waals surface area contributed by atoms with Gasteiger partial charge in [0.2, 0.25) is 5.91 Å². The number of amides is 1. The van der Waals surface area contributed by atoms with Crippen LogP contribution in [-0.4, -0.2) is 75.2 Å². The van der Waals surface area contributed by atoms with E-state index < -0.39 is 0 Å². The van der Waals surface area contributed by atoms with E-state index in [0.717, 1.165) is 45.8 Å². The van der Waals surface area contributed by atoms with Gasteiger partial charge in [0, 0.05) is 59.3 Å². The molecule has 1 aliphatic rings. The highest BCUT2D eigenvalue weighted by molar-refractivity contribution is 5.76. The van der Waals surface area contributed by atoms with Crippen LogP contribution in [0.15, 0.2) is 36.4 Å². The predicted molar refractivity (Wildman–Crippen MR) is 97.9 cm³/mol. The van der Waals surface area contributed by atoms with E-state index in [1.165, 1.54) is 5.56 Å². The zero-order chi connectivity index (χ0) is 17.0. The van der Waals surface area contributed by atoms with Crippen molar-refractivity contribution in [1.82, 2.24) is 15.1 Å². The number of carbonyl (C=O) groups is 1. The van der Waals surface area contributed by atoms with E-state index in [2.05, 4.69) is 34.5 Å². The van der Waals surface area contributed by atoms with Gasteiger partial charge in [-0.25, -0.2) is 0 Å². The van der Waals surface area contributed by atoms with Crippen LogP contribution in [0.2, 0.25) is 0 Å². The van der Waals surface area contributed by atoms with Crippen LogP contribution in [0.4, 0.5) is 0 Å². The summed E-state index contributed by atoms with van der Waals surface area (Å²) < 4.78 is 4.97. The Bertz CT molecular complexity index is 497. The van der Waals surface area contributed by atoms with Crippen molar-refractivity contribution in [3.8, 4) is 0 Å². The quantitative estimate of drug-likeness (QED) is 0.696. The molecule has 5 nitrogen and oxygen atoms in total. The Morgan fingerprint density at radius 1 is 1.17 bits per heavy atom. The number of ether oxygens (including phenoxy) is 1. The average molecular weight is 331 g/mol. The smallest absolute Gasteiger partial charge is 0.223 e. The molecule has 1 aromatic carbocycles. The number of piperazine rings is 1. The Kier molecular flexibility index (Phi) is 8.52. The van der Waals surface area contributed by atoms with Crippen molar-refractivity contribution in [3.05, 3.63) is 42.0 Å². The Morgan fingerprint density at radius 3 is 2.62 bits per heavy atom. The van der Waals surface area contributed by atoms with Gasteiger partial charge in [0.15, 0.2) is 0 Å². The molecule has 1 fully saturated rings. The van der Waals surface area contributed by atoms with E-state index in [1.807, 2.05) is 23.1 Å². The van der Waals surface area contributed by atoms with Crippen LogP contribution in [-0.2, 0) is 9.53 Å². The zero-order valence-corrected chi connectivity index (χ0v) is 14.6. The molecular weight excluding hydrogens is 302 g/mol. The first kappa shape index (κ1) is 18.6. The minimum Gasteiger partial charge on any atom is -0.383 e. The number of hydrogen-bond acceptors (Lipinski definition) is 4. The first-order valence-electron chi connectivity index (χ1n) is 8.71. The molecule has 24 heavy (non-hydrogen) atoms. The molecule has 0 bridgehead atoms. The van der Waals surface area contributed by atoms with Crippen molar-refractivity contribution in [2.24, 2.45) is 0 Å². The van der Waals surface area contributed by atoms with Crippen LogP contribution < -0.4 is 5.32 Å². The number of rotatable bonds is 9. The number of methoxy groups -OCH3 is 1. The number of nitrogens with one attached hydrogen (secondary N) is 1. The van der Waals surface area contributed by atoms with Crippen molar-refractivity contribution in [1.29, 1.82) is 0 Å². The number of nitrogens with zero attached hydrogens (tertiary/aromatic N) is 2. The highest BCUT2D eigenvalue weighted by Gasteiger charge is 2.19. The third-order valence-corrected chi connectivity index (χ3v) is 4.20. The molecule has 132 valence electrons. The molecule has 0 spiro atoms. The zero-order valence-electron chi connectivity index (χ0n) is 14.6. The Morgan fingerprint density at radius 2 is 1.92 bits per heavy atom. The number of benzene rings is 1. The summed E-state index contributed by atoms with van der Waals surface area (Å²) in [6.07, 6.45) is 4.92. The van der Waals surface area contributed by atoms with Crippen molar-refractivity contribution in [2.75, 3.05) is 59.5 Å². The molecule has 0 radical (unpaired) electrons. The lowest BCUT2D eigenvalue weighted by Gasteiger charge is -2.34. The SMILES string of the molecule is COCCNCCC(=O)N1CCN(C/C=C/c2ccccc2)CC1. The summed E-state index contributed by atoms with van der Waals surface area (Å²) in [4.78, 5) is 16.5. The monoisotopic (exact) mass is 331 g/mol. The average Bonchev–Trinajstić information content (AvgIpc) is 2.63. The lowest BCUT2D eigenvalue weighted by Crippen LogP contribution is -2.49. The van der Waals surface area contributed by atoms with Gasteiger partial charge in [-0.05, 0) is 5.56 Å². The minimum atomic E-state index is 0.249. The second kappa shape index (κ2) is 11.0. The molecule has 1 amide bonds. The molecule has 0 aromatic heterocycles. The molecule has 0 aliphatic carbocycles. The van der Waals surface area contributed by atoms with Crippen LogP contribution in [0.1, 0.15) is 12.0 Å². The van der Waals surface area contributed by atoms with Crippen LogP contribution in [0.5, 0.6) is 0 Å². The van der Waals surface area contributed by atoms with Crippen molar-refractivity contribution < 1.29 is 9.53 Å². The normalized spacial score (nSPS) is 16.0. The fourth-order valence-electron chi connectivity index (χ4n) is 2.73. The minimum absolute atomic E-state index is 0.249. The second-order valence-electron chi connectivity index (χ2n) is 5.99. The summed E-state index contributed by atoms with van der Waals surface area (Å²) in [6.45, 7) is 6.70. The van der Waals surface area contributed by atoms with Gasteiger partial charge in [0.1, 0.15) is 0 Å². The molecular formula is C19H29N3O2. The summed E-state index contributed by atoms with van der Waals surface area (Å²) in [5.74, 6) is 0.249. The molecule has 2 rings (SSSR count). The van der Waals surface area contributed by atoms with Crippen LogP contribution in [0.3, 0.4) is 0 Å². The maximum absolute atomic E-state index is 12.2. The fraction of sp³-hybridized carbons (Fsp3) is 0.526. The summed E-state index contributed by atoms with van der Waals surface area (Å²) in [5.41, 5.74) is 1.23. The highest BCUT2D eigenvalue weighted by Crippen LogP contribution is 2.05. The summed E-state index contributed by atoms with van der Waals surface area (Å²) in [5, 5.41) is 3.22. The second-order valence-corrected chi connectivity index (χ2v) is 5.99. The van der Waals surface area contributed by atoms with E-state index >= 15 is 0 Å². The molecule has 0 unspecified atom stereocenters. The van der Waals surface area contributed by atoms with Gasteiger partial charge in [0.25, 0.3) is 0 Å². The third-order valence-electron chi connectivity index (χ3n) is 4.20. The van der Waals surface area contributed by atoms with Crippen LogP contribution in [0.25, 0.3) is 6.08 Å². The highest BCUT2D eigenvalue weighted by atomic mass is 16.5. The molecule has 1 aromatic rings. The van der Waals surface area contributed by atoms with E-state index in [4.69, 9.17) is 4.74 Å². The molecule has 0 saturated carbocycles. The van der Waals surface area contributed by atoms with Gasteiger partial charge >= 0.3 is 0 Å². The van der Waals surface area contributed by atoms with Crippen molar-refractivity contribution in [3.63, 3.8) is 0 Å². The Labute approximate surface area is 145 Å². The summed E-state index contributed by atoms with van der Waals surface area (Å²) in [7, 11) is 1.68. The molecule has 1 N–H and O–H groups in total. The number of carbonyl (C=O) groups excluding carboxylic acids is 1. The third kappa shape index (κ3) is 6.83. The maximum atomic E-state index is 12.2. The van der Waals surface area contributed by atoms with Gasteiger partial charge in [0.05, 0.1) is 6.61 Å². The van der Waals surface area contributed by atoms with Gasteiger partial charge in [-0.1, -0.05) is 42.5 Å². The van der Waals surface area contributed by atoms with Crippen LogP contribution >= 0.6 is 0 Å². The largest absolute Gasteiger partial charge is 0.383 e. The topological polar surface area (TPSA) is 44.8 Å². The van der Waals surface area contributed by atoms with Gasteiger partial charge in [-0.3, -0.25) is 9.69 Å². The lowest BCUT2D eigenvalue weighted by molar-refractivity contribution is -0.132. The summed E-state index contributed by atoms with van der Waals surface area (Å²) in [6, 6.07) is 10.3. The van der Waals surface area contributed by atoms with Crippen molar-refractivity contribution in [2.45, 2.75) is 6.42 Å².